The third kappa shape index (κ3) is 4.48. The molecule has 28 heavy (non-hydrogen) atoms. The zero-order valence-corrected chi connectivity index (χ0v) is 16.7. The lowest BCUT2D eigenvalue weighted by Crippen LogP contribution is -2.47. The quantitative estimate of drug-likeness (QED) is 0.433. The highest BCUT2D eigenvalue weighted by molar-refractivity contribution is 7.71. The molecule has 0 fully saturated rings. The van der Waals surface area contributed by atoms with Crippen LogP contribution in [0.1, 0.15) is 25.2 Å². The van der Waals surface area contributed by atoms with E-state index in [4.69, 9.17) is 12.2 Å². The predicted octanol–water partition coefficient (Wildman–Crippen LogP) is 1.85. The summed E-state index contributed by atoms with van der Waals surface area (Å²) in [5.74, 6) is 0.324. The Morgan fingerprint density at radius 2 is 2.11 bits per heavy atom. The first-order valence-corrected chi connectivity index (χ1v) is 9.64. The van der Waals surface area contributed by atoms with Crippen molar-refractivity contribution >= 4 is 34.9 Å². The van der Waals surface area contributed by atoms with E-state index < -0.39 is 6.04 Å². The second-order valence-corrected chi connectivity index (χ2v) is 6.93. The summed E-state index contributed by atoms with van der Waals surface area (Å²) in [5.41, 5.74) is 1.98. The van der Waals surface area contributed by atoms with Crippen LogP contribution in [-0.2, 0) is 29.0 Å². The maximum Gasteiger partial charge on any atom is 0.242 e. The summed E-state index contributed by atoms with van der Waals surface area (Å²) in [6.07, 6.45) is 2.83. The number of fused-ring (bicyclic) bond motifs is 1. The first-order valence-electron chi connectivity index (χ1n) is 9.23. The number of H-pyrrole nitrogens is 2. The third-order valence-electron chi connectivity index (χ3n) is 4.59. The van der Waals surface area contributed by atoms with Crippen molar-refractivity contribution in [1.29, 1.82) is 0 Å². The standard InChI is InChI=1S/C19H24N6O2S/c1-3-25-17(23-24-19(25)28)8-9-20-18(27)16(22-12(2)26)10-13-11-21-15-7-5-4-6-14(13)15/h4-7,11,16,21H,3,8-10H2,1-2H3,(H,20,27)(H,22,26)(H,24,28). The molecule has 0 spiro atoms. The van der Waals surface area contributed by atoms with Crippen molar-refractivity contribution in [3.8, 4) is 0 Å². The van der Waals surface area contributed by atoms with Crippen LogP contribution in [0.5, 0.6) is 0 Å². The van der Waals surface area contributed by atoms with Gasteiger partial charge in [0.15, 0.2) is 4.77 Å². The molecule has 0 saturated heterocycles. The first-order chi connectivity index (χ1) is 13.5. The monoisotopic (exact) mass is 400 g/mol. The summed E-state index contributed by atoms with van der Waals surface area (Å²) >= 11 is 5.17. The van der Waals surface area contributed by atoms with Gasteiger partial charge in [0.25, 0.3) is 0 Å². The van der Waals surface area contributed by atoms with E-state index in [2.05, 4.69) is 25.8 Å². The van der Waals surface area contributed by atoms with Gasteiger partial charge in [-0.25, -0.2) is 0 Å². The van der Waals surface area contributed by atoms with Gasteiger partial charge >= 0.3 is 0 Å². The molecule has 148 valence electrons. The van der Waals surface area contributed by atoms with E-state index in [9.17, 15) is 9.59 Å². The van der Waals surface area contributed by atoms with Gasteiger partial charge in [0.2, 0.25) is 11.8 Å². The molecule has 1 unspecified atom stereocenters. The number of carbonyl (C=O) groups is 2. The number of aromatic amines is 2. The summed E-state index contributed by atoms with van der Waals surface area (Å²) in [5, 5.41) is 13.6. The number of rotatable bonds is 8. The van der Waals surface area contributed by atoms with Crippen LogP contribution in [-0.4, -0.2) is 44.1 Å². The van der Waals surface area contributed by atoms with Crippen molar-refractivity contribution in [3.63, 3.8) is 0 Å². The van der Waals surface area contributed by atoms with Gasteiger partial charge in [0.05, 0.1) is 0 Å². The van der Waals surface area contributed by atoms with Gasteiger partial charge < -0.3 is 20.2 Å². The van der Waals surface area contributed by atoms with Crippen LogP contribution in [0.15, 0.2) is 30.5 Å². The number of para-hydroxylation sites is 1. The topological polar surface area (TPSA) is 108 Å². The fourth-order valence-corrected chi connectivity index (χ4v) is 3.54. The SMILES string of the molecule is CCn1c(CCNC(=O)C(Cc2c[nH]c3ccccc23)NC(C)=O)n[nH]c1=S. The molecule has 0 aliphatic rings. The molecule has 0 aliphatic carbocycles. The minimum absolute atomic E-state index is 0.224. The Kier molecular flexibility index (Phi) is 6.25. The lowest BCUT2D eigenvalue weighted by Gasteiger charge is -2.17. The van der Waals surface area contributed by atoms with Crippen molar-refractivity contribution < 1.29 is 9.59 Å². The van der Waals surface area contributed by atoms with E-state index in [1.165, 1.54) is 6.92 Å². The molecular formula is C19H24N6O2S. The van der Waals surface area contributed by atoms with Crippen LogP contribution in [0.4, 0.5) is 0 Å². The summed E-state index contributed by atoms with van der Waals surface area (Å²) in [4.78, 5) is 27.5. The molecule has 8 nitrogen and oxygen atoms in total. The lowest BCUT2D eigenvalue weighted by atomic mass is 10.0. The minimum Gasteiger partial charge on any atom is -0.361 e. The second-order valence-electron chi connectivity index (χ2n) is 6.55. The fraction of sp³-hybridized carbons (Fsp3) is 0.368. The number of carbonyl (C=O) groups excluding carboxylic acids is 2. The highest BCUT2D eigenvalue weighted by Gasteiger charge is 2.21. The molecule has 2 amide bonds. The normalized spacial score (nSPS) is 12.1. The van der Waals surface area contributed by atoms with Crippen molar-refractivity contribution in [2.24, 2.45) is 0 Å². The smallest absolute Gasteiger partial charge is 0.242 e. The van der Waals surface area contributed by atoms with Crippen molar-refractivity contribution in [2.45, 2.75) is 39.3 Å². The molecule has 1 atom stereocenters. The maximum atomic E-state index is 12.7. The summed E-state index contributed by atoms with van der Waals surface area (Å²) in [6.45, 7) is 4.52. The minimum atomic E-state index is -0.649. The van der Waals surface area contributed by atoms with Crippen LogP contribution >= 0.6 is 12.2 Å². The highest BCUT2D eigenvalue weighted by Crippen LogP contribution is 2.19. The van der Waals surface area contributed by atoms with Crippen molar-refractivity contribution in [1.82, 2.24) is 30.4 Å². The Bertz CT molecular complexity index is 1030. The molecule has 9 heteroatoms. The predicted molar refractivity (Wildman–Crippen MR) is 109 cm³/mol. The Labute approximate surface area is 167 Å². The fourth-order valence-electron chi connectivity index (χ4n) is 3.26. The maximum absolute atomic E-state index is 12.7. The summed E-state index contributed by atoms with van der Waals surface area (Å²) < 4.78 is 2.46. The Morgan fingerprint density at radius 1 is 1.32 bits per heavy atom. The molecule has 0 bridgehead atoms. The number of nitrogens with one attached hydrogen (secondary N) is 4. The largest absolute Gasteiger partial charge is 0.361 e. The second kappa shape index (κ2) is 8.83. The number of amides is 2. The molecule has 3 rings (SSSR count). The van der Waals surface area contributed by atoms with Gasteiger partial charge in [-0.1, -0.05) is 18.2 Å². The molecule has 2 aromatic heterocycles. The van der Waals surface area contributed by atoms with Crippen molar-refractivity contribution in [3.05, 3.63) is 46.6 Å². The van der Waals surface area contributed by atoms with E-state index >= 15 is 0 Å². The number of aromatic nitrogens is 4. The van der Waals surface area contributed by atoms with Gasteiger partial charge in [-0.05, 0) is 30.8 Å². The summed E-state index contributed by atoms with van der Waals surface area (Å²) in [7, 11) is 0. The average Bonchev–Trinajstić information content (AvgIpc) is 3.24. The highest BCUT2D eigenvalue weighted by atomic mass is 32.1. The van der Waals surface area contributed by atoms with E-state index in [-0.39, 0.29) is 11.8 Å². The number of hydrogen-bond donors (Lipinski definition) is 4. The number of hydrogen-bond acceptors (Lipinski definition) is 4. The molecule has 1 aromatic carbocycles. The van der Waals surface area contributed by atoms with Crippen LogP contribution in [0, 0.1) is 4.77 Å². The van der Waals surface area contributed by atoms with Gasteiger partial charge in [0, 0.05) is 50.0 Å². The first kappa shape index (κ1) is 19.8. The van der Waals surface area contributed by atoms with Gasteiger partial charge in [-0.15, -0.1) is 0 Å². The molecule has 2 heterocycles. The zero-order valence-electron chi connectivity index (χ0n) is 15.9. The number of benzene rings is 1. The summed E-state index contributed by atoms with van der Waals surface area (Å²) in [6, 6.07) is 7.23. The molecule has 3 aromatic rings. The van der Waals surface area contributed by atoms with Crippen LogP contribution in [0.2, 0.25) is 0 Å². The molecule has 4 N–H and O–H groups in total. The Morgan fingerprint density at radius 3 is 2.86 bits per heavy atom. The zero-order chi connectivity index (χ0) is 20.1. The van der Waals surface area contributed by atoms with Gasteiger partial charge in [-0.2, -0.15) is 5.10 Å². The van der Waals surface area contributed by atoms with Gasteiger partial charge in [0.1, 0.15) is 11.9 Å². The van der Waals surface area contributed by atoms with Crippen LogP contribution < -0.4 is 10.6 Å². The molecule has 0 saturated carbocycles. The average molecular weight is 401 g/mol. The molecule has 0 aliphatic heterocycles. The van der Waals surface area contributed by atoms with Crippen molar-refractivity contribution in [2.75, 3.05) is 6.54 Å². The lowest BCUT2D eigenvalue weighted by molar-refractivity contribution is -0.128. The van der Waals surface area contributed by atoms with Crippen LogP contribution in [0.3, 0.4) is 0 Å². The third-order valence-corrected chi connectivity index (χ3v) is 4.91. The molecule has 0 radical (unpaired) electrons. The van der Waals surface area contributed by atoms with E-state index in [0.29, 0.717) is 30.7 Å². The van der Waals surface area contributed by atoms with E-state index in [1.54, 1.807) is 0 Å². The van der Waals surface area contributed by atoms with E-state index in [0.717, 1.165) is 22.3 Å². The number of nitrogens with zero attached hydrogens (tertiary/aromatic N) is 2. The van der Waals surface area contributed by atoms with E-state index in [1.807, 2.05) is 42.0 Å². The van der Waals surface area contributed by atoms with Gasteiger partial charge in [-0.3, -0.25) is 14.7 Å². The van der Waals surface area contributed by atoms with Crippen LogP contribution in [0.25, 0.3) is 10.9 Å². The Balaban J connectivity index is 1.66. The molecular weight excluding hydrogens is 376 g/mol. The Hall–Kier alpha value is -2.94.